The van der Waals surface area contributed by atoms with E-state index in [-0.39, 0.29) is 5.91 Å². The predicted octanol–water partition coefficient (Wildman–Crippen LogP) is 4.55. The fourth-order valence-electron chi connectivity index (χ4n) is 3.87. The summed E-state index contributed by atoms with van der Waals surface area (Å²) in [5.41, 5.74) is 0.530. The van der Waals surface area contributed by atoms with Crippen LogP contribution in [0.5, 0.6) is 0 Å². The third-order valence-corrected chi connectivity index (χ3v) is 5.27. The molecule has 0 aliphatic carbocycles. The van der Waals surface area contributed by atoms with Gasteiger partial charge in [0.15, 0.2) is 6.10 Å². The molecule has 1 aliphatic heterocycles. The van der Waals surface area contributed by atoms with Crippen molar-refractivity contribution in [3.63, 3.8) is 0 Å². The predicted molar refractivity (Wildman–Crippen MR) is 107 cm³/mol. The molecular weight excluding hydrogens is 338 g/mol. The summed E-state index contributed by atoms with van der Waals surface area (Å²) in [6.45, 7) is 3.16. The lowest BCUT2D eigenvalue weighted by molar-refractivity contribution is -0.140. The molecule has 1 fully saturated rings. The van der Waals surface area contributed by atoms with Gasteiger partial charge in [0.1, 0.15) is 0 Å². The largest absolute Gasteiger partial charge is 0.449 e. The highest BCUT2D eigenvalue weighted by molar-refractivity contribution is 6.16. The van der Waals surface area contributed by atoms with Gasteiger partial charge in [0.2, 0.25) is 0 Å². The van der Waals surface area contributed by atoms with Crippen LogP contribution in [0.1, 0.15) is 36.5 Å². The highest BCUT2D eigenvalue weighted by atomic mass is 16.5. The van der Waals surface area contributed by atoms with E-state index in [1.807, 2.05) is 53.4 Å². The van der Waals surface area contributed by atoms with Crippen molar-refractivity contribution in [3.8, 4) is 0 Å². The zero-order valence-corrected chi connectivity index (χ0v) is 15.5. The monoisotopic (exact) mass is 361 g/mol. The van der Waals surface area contributed by atoms with Crippen LogP contribution in [-0.2, 0) is 9.53 Å². The number of hydrogen-bond donors (Lipinski definition) is 0. The molecule has 4 heteroatoms. The Kier molecular flexibility index (Phi) is 4.80. The summed E-state index contributed by atoms with van der Waals surface area (Å²) >= 11 is 0. The van der Waals surface area contributed by atoms with E-state index in [0.717, 1.165) is 53.9 Å². The normalized spacial score (nSPS) is 15.7. The van der Waals surface area contributed by atoms with Gasteiger partial charge in [-0.2, -0.15) is 0 Å². The summed E-state index contributed by atoms with van der Waals surface area (Å²) in [7, 11) is 0. The zero-order chi connectivity index (χ0) is 18.8. The minimum absolute atomic E-state index is 0.104. The summed E-state index contributed by atoms with van der Waals surface area (Å²) in [6, 6.07) is 17.6. The fraction of sp³-hybridized carbons (Fsp3) is 0.304. The lowest BCUT2D eigenvalue weighted by Gasteiger charge is -2.29. The van der Waals surface area contributed by atoms with Crippen molar-refractivity contribution in [1.82, 2.24) is 4.90 Å². The molecule has 1 saturated heterocycles. The lowest BCUT2D eigenvalue weighted by Crippen LogP contribution is -2.42. The van der Waals surface area contributed by atoms with Crippen molar-refractivity contribution >= 4 is 33.4 Å². The molecule has 1 heterocycles. The van der Waals surface area contributed by atoms with Gasteiger partial charge in [0, 0.05) is 13.1 Å². The quantitative estimate of drug-likeness (QED) is 0.508. The van der Waals surface area contributed by atoms with E-state index in [0.29, 0.717) is 5.56 Å². The van der Waals surface area contributed by atoms with Gasteiger partial charge >= 0.3 is 5.97 Å². The summed E-state index contributed by atoms with van der Waals surface area (Å²) in [5.74, 6) is -0.548. The van der Waals surface area contributed by atoms with Crippen LogP contribution in [0.15, 0.2) is 54.6 Å². The molecule has 3 aromatic carbocycles. The van der Waals surface area contributed by atoms with Crippen LogP contribution in [0.3, 0.4) is 0 Å². The summed E-state index contributed by atoms with van der Waals surface area (Å²) in [4.78, 5) is 27.5. The Morgan fingerprint density at radius 2 is 1.44 bits per heavy atom. The first kappa shape index (κ1) is 17.5. The molecule has 0 spiro atoms. The molecule has 0 N–H and O–H groups in total. The molecule has 0 saturated carbocycles. The molecule has 0 unspecified atom stereocenters. The second-order valence-corrected chi connectivity index (χ2v) is 7.13. The van der Waals surface area contributed by atoms with Crippen LogP contribution in [0.4, 0.5) is 0 Å². The first-order chi connectivity index (χ1) is 13.1. The number of ether oxygens (including phenoxy) is 1. The van der Waals surface area contributed by atoms with Gasteiger partial charge < -0.3 is 9.64 Å². The zero-order valence-electron chi connectivity index (χ0n) is 15.5. The molecule has 4 nitrogen and oxygen atoms in total. The minimum atomic E-state index is -0.784. The minimum Gasteiger partial charge on any atom is -0.449 e. The van der Waals surface area contributed by atoms with Gasteiger partial charge in [-0.1, -0.05) is 48.5 Å². The fourth-order valence-corrected chi connectivity index (χ4v) is 3.87. The number of esters is 1. The van der Waals surface area contributed by atoms with Gasteiger partial charge in [-0.3, -0.25) is 4.79 Å². The molecule has 0 radical (unpaired) electrons. The maximum Gasteiger partial charge on any atom is 0.340 e. The van der Waals surface area contributed by atoms with Gasteiger partial charge in [-0.25, -0.2) is 4.79 Å². The molecule has 27 heavy (non-hydrogen) atoms. The van der Waals surface area contributed by atoms with Crippen molar-refractivity contribution in [2.45, 2.75) is 32.3 Å². The second-order valence-electron chi connectivity index (χ2n) is 7.13. The Bertz CT molecular complexity index is 951. The third-order valence-electron chi connectivity index (χ3n) is 5.27. The van der Waals surface area contributed by atoms with E-state index in [1.165, 1.54) is 0 Å². The van der Waals surface area contributed by atoms with Crippen LogP contribution in [0.2, 0.25) is 0 Å². The van der Waals surface area contributed by atoms with Crippen LogP contribution in [-0.4, -0.2) is 36.0 Å². The Balaban J connectivity index is 1.68. The van der Waals surface area contributed by atoms with Crippen molar-refractivity contribution in [2.24, 2.45) is 0 Å². The Morgan fingerprint density at radius 3 is 2.04 bits per heavy atom. The van der Waals surface area contributed by atoms with Crippen LogP contribution in [0, 0.1) is 0 Å². The van der Waals surface area contributed by atoms with E-state index < -0.39 is 12.1 Å². The average Bonchev–Trinajstić information content (AvgIpc) is 2.71. The number of carbonyl (C=O) groups is 2. The number of likely N-dealkylation sites (tertiary alicyclic amines) is 1. The van der Waals surface area contributed by atoms with Gasteiger partial charge in [0.05, 0.1) is 5.56 Å². The number of nitrogens with zero attached hydrogens (tertiary/aromatic N) is 1. The van der Waals surface area contributed by atoms with E-state index in [9.17, 15) is 9.59 Å². The molecular formula is C23H23NO3. The number of benzene rings is 3. The maximum absolute atomic E-state index is 13.1. The molecule has 3 aromatic rings. The molecule has 1 atom stereocenters. The Morgan fingerprint density at radius 1 is 0.889 bits per heavy atom. The van der Waals surface area contributed by atoms with Crippen molar-refractivity contribution in [2.75, 3.05) is 13.1 Å². The number of amides is 1. The van der Waals surface area contributed by atoms with E-state index in [4.69, 9.17) is 4.74 Å². The van der Waals surface area contributed by atoms with E-state index >= 15 is 0 Å². The van der Waals surface area contributed by atoms with Gasteiger partial charge in [-0.15, -0.1) is 0 Å². The maximum atomic E-state index is 13.1. The first-order valence-corrected chi connectivity index (χ1v) is 9.55. The third kappa shape index (κ3) is 3.39. The second kappa shape index (κ2) is 7.39. The number of fused-ring (bicyclic) bond motifs is 2. The molecule has 4 rings (SSSR count). The standard InChI is InChI=1S/C23H23NO3/c1-16(22(25)24-13-7-2-8-14-24)27-23(26)21-19-11-5-3-9-17(19)15-18-10-4-6-12-20(18)21/h3-6,9-12,15-16H,2,7-8,13-14H2,1H3/t16-/m0/s1. The van der Waals surface area contributed by atoms with Crippen molar-refractivity contribution in [1.29, 1.82) is 0 Å². The number of carbonyl (C=O) groups excluding carboxylic acids is 2. The molecule has 1 amide bonds. The lowest BCUT2D eigenvalue weighted by atomic mass is 9.97. The van der Waals surface area contributed by atoms with Gasteiger partial charge in [0.25, 0.3) is 5.91 Å². The number of piperidine rings is 1. The highest BCUT2D eigenvalue weighted by Gasteiger charge is 2.26. The van der Waals surface area contributed by atoms with E-state index in [2.05, 4.69) is 6.07 Å². The summed E-state index contributed by atoms with van der Waals surface area (Å²) in [5, 5.41) is 3.66. The van der Waals surface area contributed by atoms with Gasteiger partial charge in [-0.05, 0) is 53.8 Å². The summed E-state index contributed by atoms with van der Waals surface area (Å²) in [6.07, 6.45) is 2.40. The van der Waals surface area contributed by atoms with Crippen LogP contribution < -0.4 is 0 Å². The molecule has 0 bridgehead atoms. The Hall–Kier alpha value is -2.88. The first-order valence-electron chi connectivity index (χ1n) is 9.55. The molecule has 138 valence electrons. The van der Waals surface area contributed by atoms with Crippen LogP contribution in [0.25, 0.3) is 21.5 Å². The highest BCUT2D eigenvalue weighted by Crippen LogP contribution is 2.29. The summed E-state index contributed by atoms with van der Waals surface area (Å²) < 4.78 is 5.64. The van der Waals surface area contributed by atoms with Crippen molar-refractivity contribution in [3.05, 3.63) is 60.2 Å². The van der Waals surface area contributed by atoms with Crippen molar-refractivity contribution < 1.29 is 14.3 Å². The topological polar surface area (TPSA) is 46.6 Å². The molecule has 0 aromatic heterocycles. The van der Waals surface area contributed by atoms with E-state index in [1.54, 1.807) is 6.92 Å². The number of rotatable bonds is 3. The van der Waals surface area contributed by atoms with Crippen LogP contribution >= 0.6 is 0 Å². The molecule has 1 aliphatic rings. The number of hydrogen-bond acceptors (Lipinski definition) is 3. The Labute approximate surface area is 158 Å². The SMILES string of the molecule is C[C@H](OC(=O)c1c2ccccc2cc2ccccc12)C(=O)N1CCCCC1. The average molecular weight is 361 g/mol. The smallest absolute Gasteiger partial charge is 0.340 e.